The van der Waals surface area contributed by atoms with Crippen molar-refractivity contribution in [3.63, 3.8) is 0 Å². The monoisotopic (exact) mass is 389 g/mol. The number of ether oxygens (including phenoxy) is 1. The Morgan fingerprint density at radius 3 is 2.62 bits per heavy atom. The van der Waals surface area contributed by atoms with Crippen molar-refractivity contribution in [2.45, 2.75) is 38.5 Å². The highest BCUT2D eigenvalue weighted by molar-refractivity contribution is 6.10. The van der Waals surface area contributed by atoms with Crippen LogP contribution in [-0.2, 0) is 14.3 Å². The highest BCUT2D eigenvalue weighted by Crippen LogP contribution is 2.44. The van der Waals surface area contributed by atoms with Crippen LogP contribution in [0.25, 0.3) is 0 Å². The predicted molar refractivity (Wildman–Crippen MR) is 110 cm³/mol. The third-order valence-electron chi connectivity index (χ3n) is 5.67. The van der Waals surface area contributed by atoms with Crippen LogP contribution in [0.3, 0.4) is 0 Å². The van der Waals surface area contributed by atoms with Crippen LogP contribution in [0.5, 0.6) is 0 Å². The van der Waals surface area contributed by atoms with Crippen LogP contribution >= 0.6 is 0 Å². The second-order valence-corrected chi connectivity index (χ2v) is 7.55. The van der Waals surface area contributed by atoms with Gasteiger partial charge < -0.3 is 4.74 Å². The van der Waals surface area contributed by atoms with Crippen molar-refractivity contribution in [3.05, 3.63) is 76.5 Å². The first-order valence-electron chi connectivity index (χ1n) is 9.84. The number of hydrogen-bond donors (Lipinski definition) is 0. The number of ketones is 1. The molecular formula is C24H23NO4. The molecule has 0 spiro atoms. The second-order valence-electron chi connectivity index (χ2n) is 7.55. The number of rotatable bonds is 3. The van der Waals surface area contributed by atoms with Crippen LogP contribution in [0.1, 0.15) is 53.1 Å². The Labute approximate surface area is 170 Å². The van der Waals surface area contributed by atoms with E-state index < -0.39 is 5.97 Å². The SMILES string of the molecule is COC(=O)c1ccccc1N1C(=O)CC(c2cccc(C)c2)C2=C1CCCC2=O. The summed E-state index contributed by atoms with van der Waals surface area (Å²) < 4.78 is 4.90. The molecule has 0 bridgehead atoms. The summed E-state index contributed by atoms with van der Waals surface area (Å²) in [7, 11) is 1.32. The number of hydrogen-bond acceptors (Lipinski definition) is 4. The molecule has 1 heterocycles. The Balaban J connectivity index is 1.89. The van der Waals surface area contributed by atoms with Crippen molar-refractivity contribution in [3.8, 4) is 0 Å². The van der Waals surface area contributed by atoms with E-state index in [2.05, 4.69) is 0 Å². The van der Waals surface area contributed by atoms with Crippen molar-refractivity contribution < 1.29 is 19.1 Å². The molecule has 1 atom stereocenters. The smallest absolute Gasteiger partial charge is 0.339 e. The van der Waals surface area contributed by atoms with Crippen molar-refractivity contribution in [2.24, 2.45) is 0 Å². The molecule has 148 valence electrons. The van der Waals surface area contributed by atoms with Gasteiger partial charge >= 0.3 is 5.97 Å². The van der Waals surface area contributed by atoms with Crippen LogP contribution in [0.4, 0.5) is 5.69 Å². The molecule has 29 heavy (non-hydrogen) atoms. The largest absolute Gasteiger partial charge is 0.465 e. The zero-order valence-corrected chi connectivity index (χ0v) is 16.6. The molecule has 0 fully saturated rings. The first kappa shape index (κ1) is 19.1. The van der Waals surface area contributed by atoms with Gasteiger partial charge in [-0.3, -0.25) is 14.5 Å². The van der Waals surface area contributed by atoms with Gasteiger partial charge in [0.15, 0.2) is 5.78 Å². The maximum absolute atomic E-state index is 13.3. The molecule has 1 aliphatic carbocycles. The Hall–Kier alpha value is -3.21. The maximum atomic E-state index is 13.3. The first-order valence-corrected chi connectivity index (χ1v) is 9.84. The summed E-state index contributed by atoms with van der Waals surface area (Å²) >= 11 is 0. The topological polar surface area (TPSA) is 63.7 Å². The normalized spacial score (nSPS) is 19.2. The summed E-state index contributed by atoms with van der Waals surface area (Å²) in [6.45, 7) is 2.01. The predicted octanol–water partition coefficient (Wildman–Crippen LogP) is 4.31. The van der Waals surface area contributed by atoms with Gasteiger partial charge in [-0.2, -0.15) is 0 Å². The van der Waals surface area contributed by atoms with E-state index in [0.29, 0.717) is 36.1 Å². The summed E-state index contributed by atoms with van der Waals surface area (Å²) in [6, 6.07) is 14.9. The van der Waals surface area contributed by atoms with E-state index in [0.717, 1.165) is 16.8 Å². The van der Waals surface area contributed by atoms with Gasteiger partial charge in [0.05, 0.1) is 18.4 Å². The molecule has 0 saturated carbocycles. The van der Waals surface area contributed by atoms with Gasteiger partial charge in [-0.25, -0.2) is 4.79 Å². The Kier molecular flexibility index (Phi) is 5.05. The highest BCUT2D eigenvalue weighted by atomic mass is 16.5. The number of para-hydroxylation sites is 1. The summed E-state index contributed by atoms with van der Waals surface area (Å²) in [5.41, 5.74) is 4.32. The third kappa shape index (κ3) is 3.37. The summed E-state index contributed by atoms with van der Waals surface area (Å²) in [5, 5.41) is 0. The number of amides is 1. The molecular weight excluding hydrogens is 366 g/mol. The zero-order valence-electron chi connectivity index (χ0n) is 16.6. The van der Waals surface area contributed by atoms with Gasteiger partial charge in [0.2, 0.25) is 5.91 Å². The molecule has 2 aromatic carbocycles. The van der Waals surface area contributed by atoms with Crippen molar-refractivity contribution in [2.75, 3.05) is 12.0 Å². The number of carbonyl (C=O) groups is 3. The van der Waals surface area contributed by atoms with Crippen molar-refractivity contribution in [1.82, 2.24) is 0 Å². The lowest BCUT2D eigenvalue weighted by molar-refractivity contribution is -0.119. The number of benzene rings is 2. The molecule has 2 aliphatic rings. The molecule has 0 aromatic heterocycles. The van der Waals surface area contributed by atoms with Gasteiger partial charge in [0, 0.05) is 30.0 Å². The van der Waals surface area contributed by atoms with Crippen LogP contribution in [-0.4, -0.2) is 24.8 Å². The van der Waals surface area contributed by atoms with E-state index in [9.17, 15) is 14.4 Å². The molecule has 5 nitrogen and oxygen atoms in total. The maximum Gasteiger partial charge on any atom is 0.339 e. The number of carbonyl (C=O) groups excluding carboxylic acids is 3. The molecule has 0 N–H and O–H groups in total. The van der Waals surface area contributed by atoms with E-state index in [1.54, 1.807) is 29.2 Å². The number of aryl methyl sites for hydroxylation is 1. The number of nitrogens with zero attached hydrogens (tertiary/aromatic N) is 1. The van der Waals surface area contributed by atoms with Gasteiger partial charge in [-0.05, 0) is 37.5 Å². The van der Waals surface area contributed by atoms with E-state index in [1.165, 1.54) is 7.11 Å². The van der Waals surface area contributed by atoms with E-state index in [-0.39, 0.29) is 24.0 Å². The fraction of sp³-hybridized carbons (Fsp3) is 0.292. The molecule has 0 radical (unpaired) electrons. The van der Waals surface area contributed by atoms with Gasteiger partial charge in [0.1, 0.15) is 0 Å². The molecule has 5 heteroatoms. The van der Waals surface area contributed by atoms with Crippen molar-refractivity contribution >= 4 is 23.3 Å². The van der Waals surface area contributed by atoms with Gasteiger partial charge in [-0.1, -0.05) is 42.0 Å². The molecule has 4 rings (SSSR count). The minimum atomic E-state index is -0.501. The summed E-state index contributed by atoms with van der Waals surface area (Å²) in [5.74, 6) is -0.766. The van der Waals surface area contributed by atoms with Crippen molar-refractivity contribution in [1.29, 1.82) is 0 Å². The Morgan fingerprint density at radius 1 is 1.07 bits per heavy atom. The van der Waals surface area contributed by atoms with E-state index in [1.807, 2.05) is 31.2 Å². The Bertz CT molecular complexity index is 1040. The van der Waals surface area contributed by atoms with Crippen LogP contribution in [0.15, 0.2) is 59.8 Å². The Morgan fingerprint density at radius 2 is 1.86 bits per heavy atom. The molecule has 1 aliphatic heterocycles. The number of Topliss-reactive ketones (excluding diaryl/α,β-unsaturated/α-hetero) is 1. The molecule has 2 aromatic rings. The number of methoxy groups -OCH3 is 1. The summed E-state index contributed by atoms with van der Waals surface area (Å²) in [6.07, 6.45) is 2.01. The van der Waals surface area contributed by atoms with Crippen LogP contribution < -0.4 is 4.90 Å². The molecule has 1 unspecified atom stereocenters. The minimum Gasteiger partial charge on any atom is -0.465 e. The van der Waals surface area contributed by atoms with E-state index in [4.69, 9.17) is 4.74 Å². The second kappa shape index (κ2) is 7.66. The molecule has 1 amide bonds. The standard InChI is InChI=1S/C24H23NO4/c1-15-7-5-8-16(13-15)18-14-22(27)25(20-11-6-12-21(26)23(18)20)19-10-4-3-9-17(19)24(28)29-2/h3-5,7-10,13,18H,6,11-12,14H2,1-2H3. The number of esters is 1. The van der Waals surface area contributed by atoms with Gasteiger partial charge in [-0.15, -0.1) is 0 Å². The number of anilines is 1. The van der Waals surface area contributed by atoms with Gasteiger partial charge in [0.25, 0.3) is 0 Å². The highest BCUT2D eigenvalue weighted by Gasteiger charge is 2.40. The first-order chi connectivity index (χ1) is 14.0. The fourth-order valence-corrected chi connectivity index (χ4v) is 4.40. The lowest BCUT2D eigenvalue weighted by Crippen LogP contribution is -2.41. The zero-order chi connectivity index (χ0) is 20.5. The lowest BCUT2D eigenvalue weighted by Gasteiger charge is -2.38. The third-order valence-corrected chi connectivity index (χ3v) is 5.67. The minimum absolute atomic E-state index is 0.0887. The van der Waals surface area contributed by atoms with E-state index >= 15 is 0 Å². The lowest BCUT2D eigenvalue weighted by atomic mass is 9.77. The van der Waals surface area contributed by atoms with Crippen LogP contribution in [0, 0.1) is 6.92 Å². The quantitative estimate of drug-likeness (QED) is 0.734. The van der Waals surface area contributed by atoms with Crippen LogP contribution in [0.2, 0.25) is 0 Å². The average molecular weight is 389 g/mol. The molecule has 0 saturated heterocycles. The average Bonchev–Trinajstić information content (AvgIpc) is 2.73. The fourth-order valence-electron chi connectivity index (χ4n) is 4.40. The summed E-state index contributed by atoms with van der Waals surface area (Å²) in [4.78, 5) is 40.1. The number of allylic oxidation sites excluding steroid dienone is 2.